The van der Waals surface area contributed by atoms with Crippen molar-refractivity contribution in [1.82, 2.24) is 20.0 Å². The van der Waals surface area contributed by atoms with Crippen molar-refractivity contribution in [1.29, 1.82) is 0 Å². The zero-order chi connectivity index (χ0) is 18.4. The molecule has 7 heteroatoms. The Balaban J connectivity index is 1.56. The summed E-state index contributed by atoms with van der Waals surface area (Å²) in [6.07, 6.45) is 6.31. The third-order valence-corrected chi connectivity index (χ3v) is 5.22. The fraction of sp³-hybridized carbons (Fsp3) is 0.316. The lowest BCUT2D eigenvalue weighted by Crippen LogP contribution is -2.25. The second-order valence-electron chi connectivity index (χ2n) is 6.00. The molecule has 0 fully saturated rings. The van der Waals surface area contributed by atoms with E-state index in [2.05, 4.69) is 15.5 Å². The molecule has 0 aliphatic carbocycles. The van der Waals surface area contributed by atoms with E-state index in [1.54, 1.807) is 24.3 Å². The Kier molecular flexibility index (Phi) is 6.12. The summed E-state index contributed by atoms with van der Waals surface area (Å²) in [5, 5.41) is 6.98. The number of hydrogen-bond donors (Lipinski definition) is 1. The fourth-order valence-electron chi connectivity index (χ4n) is 2.62. The summed E-state index contributed by atoms with van der Waals surface area (Å²) in [6, 6.07) is 7.68. The van der Waals surface area contributed by atoms with Crippen LogP contribution in [-0.4, -0.2) is 27.2 Å². The topological polar surface area (TPSA) is 73.0 Å². The number of thioether (sulfide) groups is 1. The van der Waals surface area contributed by atoms with E-state index in [1.807, 2.05) is 48.9 Å². The van der Waals surface area contributed by atoms with Crippen molar-refractivity contribution >= 4 is 17.7 Å². The minimum absolute atomic E-state index is 0.0440. The van der Waals surface area contributed by atoms with Crippen LogP contribution in [0, 0.1) is 13.8 Å². The molecule has 1 aromatic carbocycles. The standard InChI is InChI=1S/C19H22N4O2S/c1-14-17(15(2)25-22-14)12-26-18-7-4-3-6-16(18)19(24)21-8-5-10-23-11-9-20-13-23/h3-4,6-7,9,11,13H,5,8,10,12H2,1-2H3,(H,21,24). The molecule has 3 rings (SSSR count). The highest BCUT2D eigenvalue weighted by molar-refractivity contribution is 7.98. The molecule has 2 aromatic heterocycles. The number of hydrogen-bond acceptors (Lipinski definition) is 5. The summed E-state index contributed by atoms with van der Waals surface area (Å²) < 4.78 is 7.21. The summed E-state index contributed by atoms with van der Waals surface area (Å²) in [5.74, 6) is 1.51. The molecule has 0 unspecified atom stereocenters. The predicted molar refractivity (Wildman–Crippen MR) is 101 cm³/mol. The Hall–Kier alpha value is -2.54. The van der Waals surface area contributed by atoms with Crippen LogP contribution in [0.15, 0.2) is 52.4 Å². The highest BCUT2D eigenvalue weighted by Gasteiger charge is 2.14. The van der Waals surface area contributed by atoms with E-state index in [0.717, 1.165) is 40.6 Å². The Morgan fingerprint density at radius 3 is 2.88 bits per heavy atom. The minimum atomic E-state index is -0.0440. The number of aromatic nitrogens is 3. The second kappa shape index (κ2) is 8.71. The number of imidazole rings is 1. The molecule has 1 amide bonds. The zero-order valence-electron chi connectivity index (χ0n) is 14.9. The summed E-state index contributed by atoms with van der Waals surface area (Å²) in [6.45, 7) is 5.31. The van der Waals surface area contributed by atoms with Crippen molar-refractivity contribution in [3.63, 3.8) is 0 Å². The van der Waals surface area contributed by atoms with Gasteiger partial charge in [-0.3, -0.25) is 4.79 Å². The average molecular weight is 370 g/mol. The van der Waals surface area contributed by atoms with Crippen LogP contribution < -0.4 is 5.32 Å². The molecule has 1 N–H and O–H groups in total. The van der Waals surface area contributed by atoms with Gasteiger partial charge in [0.15, 0.2) is 0 Å². The lowest BCUT2D eigenvalue weighted by Gasteiger charge is -2.10. The molecule has 0 atom stereocenters. The number of amides is 1. The van der Waals surface area contributed by atoms with E-state index < -0.39 is 0 Å². The van der Waals surface area contributed by atoms with E-state index in [9.17, 15) is 4.79 Å². The van der Waals surface area contributed by atoms with Gasteiger partial charge in [-0.2, -0.15) is 0 Å². The molecule has 0 radical (unpaired) electrons. The van der Waals surface area contributed by atoms with Gasteiger partial charge in [-0.15, -0.1) is 11.8 Å². The van der Waals surface area contributed by atoms with Crippen LogP contribution in [0.2, 0.25) is 0 Å². The molecule has 136 valence electrons. The van der Waals surface area contributed by atoms with Gasteiger partial charge in [0.05, 0.1) is 17.6 Å². The Morgan fingerprint density at radius 2 is 2.15 bits per heavy atom. The highest BCUT2D eigenvalue weighted by atomic mass is 32.2. The molecule has 0 saturated heterocycles. The number of rotatable bonds is 8. The second-order valence-corrected chi connectivity index (χ2v) is 7.01. The van der Waals surface area contributed by atoms with Gasteiger partial charge in [-0.05, 0) is 32.4 Å². The van der Waals surface area contributed by atoms with E-state index in [4.69, 9.17) is 4.52 Å². The molecule has 3 aromatic rings. The van der Waals surface area contributed by atoms with Gasteiger partial charge in [-0.1, -0.05) is 17.3 Å². The summed E-state index contributed by atoms with van der Waals surface area (Å²) in [4.78, 5) is 17.5. The van der Waals surface area contributed by atoms with Crippen molar-refractivity contribution in [2.75, 3.05) is 6.54 Å². The van der Waals surface area contributed by atoms with Crippen LogP contribution in [-0.2, 0) is 12.3 Å². The highest BCUT2D eigenvalue weighted by Crippen LogP contribution is 2.28. The van der Waals surface area contributed by atoms with Crippen LogP contribution in [0.3, 0.4) is 0 Å². The number of nitrogens with one attached hydrogen (secondary N) is 1. The first-order valence-electron chi connectivity index (χ1n) is 8.52. The van der Waals surface area contributed by atoms with Gasteiger partial charge in [0, 0.05) is 41.7 Å². The fourth-order valence-corrected chi connectivity index (χ4v) is 3.82. The first-order chi connectivity index (χ1) is 12.6. The molecule has 26 heavy (non-hydrogen) atoms. The van der Waals surface area contributed by atoms with Gasteiger partial charge >= 0.3 is 0 Å². The van der Waals surface area contributed by atoms with Crippen LogP contribution in [0.4, 0.5) is 0 Å². The SMILES string of the molecule is Cc1noc(C)c1CSc1ccccc1C(=O)NCCCn1ccnc1. The van der Waals surface area contributed by atoms with E-state index in [0.29, 0.717) is 12.1 Å². The number of carbonyl (C=O) groups is 1. The minimum Gasteiger partial charge on any atom is -0.361 e. The summed E-state index contributed by atoms with van der Waals surface area (Å²) in [5.41, 5.74) is 2.69. The molecule has 0 bridgehead atoms. The maximum absolute atomic E-state index is 12.5. The average Bonchev–Trinajstić information content (AvgIpc) is 3.27. The van der Waals surface area contributed by atoms with Gasteiger partial charge in [0.1, 0.15) is 5.76 Å². The molecule has 0 aliphatic heterocycles. The maximum atomic E-state index is 12.5. The zero-order valence-corrected chi connectivity index (χ0v) is 15.8. The molecular weight excluding hydrogens is 348 g/mol. The number of nitrogens with zero attached hydrogens (tertiary/aromatic N) is 3. The van der Waals surface area contributed by atoms with Crippen LogP contribution in [0.1, 0.15) is 33.8 Å². The molecule has 6 nitrogen and oxygen atoms in total. The first kappa shape index (κ1) is 18.3. The quantitative estimate of drug-likeness (QED) is 0.484. The Bertz CT molecular complexity index is 839. The van der Waals surface area contributed by atoms with Crippen molar-refractivity contribution in [3.8, 4) is 0 Å². The monoisotopic (exact) mass is 370 g/mol. The van der Waals surface area contributed by atoms with Crippen molar-refractivity contribution in [2.45, 2.75) is 37.5 Å². The maximum Gasteiger partial charge on any atom is 0.252 e. The molecule has 0 spiro atoms. The number of benzene rings is 1. The smallest absolute Gasteiger partial charge is 0.252 e. The summed E-state index contributed by atoms with van der Waals surface area (Å²) in [7, 11) is 0. The van der Waals surface area contributed by atoms with Crippen LogP contribution in [0.25, 0.3) is 0 Å². The van der Waals surface area contributed by atoms with Crippen molar-refractivity contribution < 1.29 is 9.32 Å². The predicted octanol–water partition coefficient (Wildman–Crippen LogP) is 3.60. The largest absolute Gasteiger partial charge is 0.361 e. The van der Waals surface area contributed by atoms with Crippen molar-refractivity contribution in [3.05, 3.63) is 65.6 Å². The number of aryl methyl sites for hydroxylation is 3. The van der Waals surface area contributed by atoms with E-state index in [-0.39, 0.29) is 5.91 Å². The Morgan fingerprint density at radius 1 is 1.31 bits per heavy atom. The summed E-state index contributed by atoms with van der Waals surface area (Å²) >= 11 is 1.63. The van der Waals surface area contributed by atoms with E-state index >= 15 is 0 Å². The molecule has 0 saturated carbocycles. The normalized spacial score (nSPS) is 10.8. The third kappa shape index (κ3) is 4.54. The molecular formula is C19H22N4O2S. The van der Waals surface area contributed by atoms with Crippen LogP contribution in [0.5, 0.6) is 0 Å². The number of carbonyl (C=O) groups excluding carboxylic acids is 1. The third-order valence-electron chi connectivity index (χ3n) is 4.12. The van der Waals surface area contributed by atoms with Gasteiger partial charge in [-0.25, -0.2) is 4.98 Å². The van der Waals surface area contributed by atoms with E-state index in [1.165, 1.54) is 0 Å². The molecule has 0 aliphatic rings. The molecule has 2 heterocycles. The Labute approximate surface area is 157 Å². The van der Waals surface area contributed by atoms with Gasteiger partial charge in [0.2, 0.25) is 0 Å². The lowest BCUT2D eigenvalue weighted by molar-refractivity contribution is 0.0950. The van der Waals surface area contributed by atoms with Gasteiger partial charge in [0.25, 0.3) is 5.91 Å². The van der Waals surface area contributed by atoms with Crippen molar-refractivity contribution in [2.24, 2.45) is 0 Å². The first-order valence-corrected chi connectivity index (χ1v) is 9.51. The van der Waals surface area contributed by atoms with Crippen LogP contribution >= 0.6 is 11.8 Å². The lowest BCUT2D eigenvalue weighted by atomic mass is 10.2. The van der Waals surface area contributed by atoms with Gasteiger partial charge < -0.3 is 14.4 Å².